The Labute approximate surface area is 128 Å². The second-order valence-corrected chi connectivity index (χ2v) is 7.88. The Morgan fingerprint density at radius 3 is 2.27 bits per heavy atom. The van der Waals surface area contributed by atoms with Gasteiger partial charge < -0.3 is 0 Å². The van der Waals surface area contributed by atoms with E-state index >= 15 is 0 Å². The van der Waals surface area contributed by atoms with Crippen LogP contribution in [0.2, 0.25) is 0 Å². The van der Waals surface area contributed by atoms with Crippen molar-refractivity contribution in [3.63, 3.8) is 0 Å². The van der Waals surface area contributed by atoms with E-state index in [9.17, 15) is 8.96 Å². The van der Waals surface area contributed by atoms with Crippen LogP contribution in [-0.4, -0.2) is 13.2 Å². The zero-order valence-corrected chi connectivity index (χ0v) is 13.0. The highest BCUT2D eigenvalue weighted by Crippen LogP contribution is 2.58. The summed E-state index contributed by atoms with van der Waals surface area (Å²) in [5.41, 5.74) is 0.731. The summed E-state index contributed by atoms with van der Waals surface area (Å²) in [6.07, 6.45) is 5.64. The van der Waals surface area contributed by atoms with Gasteiger partial charge in [-0.3, -0.25) is 13.6 Å². The lowest BCUT2D eigenvalue weighted by atomic mass is 9.84. The van der Waals surface area contributed by atoms with Crippen molar-refractivity contribution < 1.29 is 22.5 Å². The van der Waals surface area contributed by atoms with Crippen molar-refractivity contribution in [1.29, 1.82) is 0 Å². The SMILES string of the molecule is O=P1(OCc2ccc(F)cc2)OC[C@@H]2[C@H](CO1)[C@H]1C=C[C@@H]2C1. The highest BCUT2D eigenvalue weighted by Gasteiger charge is 2.48. The van der Waals surface area contributed by atoms with Gasteiger partial charge in [-0.25, -0.2) is 8.96 Å². The average molecular weight is 324 g/mol. The number of benzene rings is 1. The van der Waals surface area contributed by atoms with E-state index in [-0.39, 0.29) is 12.4 Å². The lowest BCUT2D eigenvalue weighted by molar-refractivity contribution is 0.118. The van der Waals surface area contributed by atoms with Crippen molar-refractivity contribution >= 4 is 7.82 Å². The minimum absolute atomic E-state index is 0.0813. The van der Waals surface area contributed by atoms with Gasteiger partial charge in [0, 0.05) is 0 Å². The van der Waals surface area contributed by atoms with Crippen LogP contribution in [0.3, 0.4) is 0 Å². The maximum Gasteiger partial charge on any atom is 0.475 e. The van der Waals surface area contributed by atoms with Crippen LogP contribution in [0.25, 0.3) is 0 Å². The number of rotatable bonds is 3. The average Bonchev–Trinajstić information content (AvgIpc) is 3.07. The molecule has 0 spiro atoms. The number of phosphoric ester groups is 1. The maximum absolute atomic E-state index is 12.9. The van der Waals surface area contributed by atoms with E-state index in [2.05, 4.69) is 12.2 Å². The molecule has 1 aromatic rings. The molecule has 1 aliphatic heterocycles. The predicted molar refractivity (Wildman–Crippen MR) is 78.4 cm³/mol. The second kappa shape index (κ2) is 5.57. The minimum atomic E-state index is -3.53. The molecular weight excluding hydrogens is 306 g/mol. The Kier molecular flexibility index (Phi) is 3.69. The fourth-order valence-corrected chi connectivity index (χ4v) is 4.96. The summed E-state index contributed by atoms with van der Waals surface area (Å²) in [6, 6.07) is 5.88. The molecule has 22 heavy (non-hydrogen) atoms. The smallest absolute Gasteiger partial charge is 0.287 e. The zero-order chi connectivity index (χ0) is 15.2. The molecular formula is C16H18FO4P. The quantitative estimate of drug-likeness (QED) is 0.624. The molecule has 1 heterocycles. The van der Waals surface area contributed by atoms with Gasteiger partial charge in [-0.15, -0.1) is 0 Å². The summed E-state index contributed by atoms with van der Waals surface area (Å²) < 4.78 is 41.9. The van der Waals surface area contributed by atoms with Crippen LogP contribution in [0.1, 0.15) is 12.0 Å². The van der Waals surface area contributed by atoms with E-state index in [1.807, 2.05) is 0 Å². The largest absolute Gasteiger partial charge is 0.475 e. The summed E-state index contributed by atoms with van der Waals surface area (Å²) in [5.74, 6) is 1.47. The topological polar surface area (TPSA) is 44.8 Å². The summed E-state index contributed by atoms with van der Waals surface area (Å²) in [7, 11) is -3.53. The lowest BCUT2D eigenvalue weighted by Gasteiger charge is -2.23. The van der Waals surface area contributed by atoms with Crippen molar-refractivity contribution in [3.8, 4) is 0 Å². The van der Waals surface area contributed by atoms with Crippen molar-refractivity contribution in [1.82, 2.24) is 0 Å². The Balaban J connectivity index is 1.40. The molecule has 3 aliphatic rings. The van der Waals surface area contributed by atoms with E-state index in [0.29, 0.717) is 36.9 Å². The van der Waals surface area contributed by atoms with Crippen molar-refractivity contribution in [2.45, 2.75) is 13.0 Å². The van der Waals surface area contributed by atoms with Gasteiger partial charge in [0.1, 0.15) is 5.82 Å². The first-order chi connectivity index (χ1) is 10.6. The molecule has 2 bridgehead atoms. The standard InChI is InChI=1S/C16H18FO4P/c17-14-5-1-11(2-6-14)8-19-22(18)20-9-15-12-3-4-13(7-12)16(15)10-21-22/h1-6,12-13,15-16H,7-10H2/t12-,13+,15+,16-,22?. The number of fused-ring (bicyclic) bond motifs is 5. The van der Waals surface area contributed by atoms with Crippen molar-refractivity contribution in [2.75, 3.05) is 13.2 Å². The molecule has 0 N–H and O–H groups in total. The summed E-state index contributed by atoms with van der Waals surface area (Å²) in [4.78, 5) is 0. The van der Waals surface area contributed by atoms with Crippen molar-refractivity contribution in [2.24, 2.45) is 23.7 Å². The fraction of sp³-hybridized carbons (Fsp3) is 0.500. The van der Waals surface area contributed by atoms with Crippen LogP contribution < -0.4 is 0 Å². The molecule has 1 unspecified atom stereocenters. The van der Waals surface area contributed by atoms with Crippen LogP contribution in [0.5, 0.6) is 0 Å². The summed E-state index contributed by atoms with van der Waals surface area (Å²) >= 11 is 0. The first kappa shape index (κ1) is 14.6. The highest BCUT2D eigenvalue weighted by molar-refractivity contribution is 7.48. The molecule has 2 fully saturated rings. The van der Waals surface area contributed by atoms with Crippen LogP contribution in [0, 0.1) is 29.5 Å². The van der Waals surface area contributed by atoms with E-state index in [1.165, 1.54) is 12.1 Å². The molecule has 1 saturated heterocycles. The third kappa shape index (κ3) is 2.67. The molecule has 2 aliphatic carbocycles. The van der Waals surface area contributed by atoms with Gasteiger partial charge in [-0.1, -0.05) is 24.3 Å². The van der Waals surface area contributed by atoms with Gasteiger partial charge >= 0.3 is 7.82 Å². The number of halogens is 1. The molecule has 118 valence electrons. The third-order valence-electron chi connectivity index (χ3n) is 4.95. The number of hydrogen-bond acceptors (Lipinski definition) is 4. The second-order valence-electron chi connectivity index (χ2n) is 6.21. The molecule has 0 aromatic heterocycles. The Morgan fingerprint density at radius 1 is 1.09 bits per heavy atom. The van der Waals surface area contributed by atoms with E-state index in [1.54, 1.807) is 12.1 Å². The van der Waals surface area contributed by atoms with Crippen LogP contribution in [0.4, 0.5) is 4.39 Å². The summed E-state index contributed by atoms with van der Waals surface area (Å²) in [6.45, 7) is 0.908. The normalized spacial score (nSPS) is 39.7. The van der Waals surface area contributed by atoms with Gasteiger partial charge in [-0.05, 0) is 47.8 Å². The van der Waals surface area contributed by atoms with Crippen LogP contribution in [0.15, 0.2) is 36.4 Å². The first-order valence-corrected chi connectivity index (χ1v) is 9.05. The van der Waals surface area contributed by atoms with E-state index < -0.39 is 7.82 Å². The van der Waals surface area contributed by atoms with Crippen LogP contribution in [-0.2, 0) is 24.7 Å². The molecule has 4 rings (SSSR count). The molecule has 5 atom stereocenters. The maximum atomic E-state index is 12.9. The predicted octanol–water partition coefficient (Wildman–Crippen LogP) is 3.94. The molecule has 1 aromatic carbocycles. The van der Waals surface area contributed by atoms with Gasteiger partial charge in [0.05, 0.1) is 19.8 Å². The Morgan fingerprint density at radius 2 is 1.68 bits per heavy atom. The minimum Gasteiger partial charge on any atom is -0.287 e. The molecule has 1 saturated carbocycles. The van der Waals surface area contributed by atoms with Gasteiger partial charge in [-0.2, -0.15) is 0 Å². The van der Waals surface area contributed by atoms with E-state index in [4.69, 9.17) is 13.6 Å². The van der Waals surface area contributed by atoms with Crippen LogP contribution >= 0.6 is 7.82 Å². The molecule has 0 amide bonds. The fourth-order valence-electron chi connectivity index (χ4n) is 3.72. The third-order valence-corrected chi connectivity index (χ3v) is 6.33. The van der Waals surface area contributed by atoms with Gasteiger partial charge in [0.2, 0.25) is 0 Å². The first-order valence-electron chi connectivity index (χ1n) is 7.59. The number of hydrogen-bond donors (Lipinski definition) is 0. The van der Waals surface area contributed by atoms with Gasteiger partial charge in [0.25, 0.3) is 0 Å². The number of phosphoric acid groups is 1. The number of allylic oxidation sites excluding steroid dienone is 2. The van der Waals surface area contributed by atoms with Gasteiger partial charge in [0.15, 0.2) is 0 Å². The Hall–Kier alpha value is -1.00. The Bertz CT molecular complexity index is 604. The molecule has 0 radical (unpaired) electrons. The lowest BCUT2D eigenvalue weighted by Crippen LogP contribution is -2.24. The molecule has 6 heteroatoms. The zero-order valence-electron chi connectivity index (χ0n) is 12.1. The highest BCUT2D eigenvalue weighted by atomic mass is 31.2. The summed E-state index contributed by atoms with van der Waals surface area (Å²) in [5, 5.41) is 0. The molecule has 4 nitrogen and oxygen atoms in total. The van der Waals surface area contributed by atoms with E-state index in [0.717, 1.165) is 12.0 Å². The monoisotopic (exact) mass is 324 g/mol. The van der Waals surface area contributed by atoms with Crippen molar-refractivity contribution in [3.05, 3.63) is 47.8 Å².